The Hall–Kier alpha value is -1.03. The van der Waals surface area contributed by atoms with E-state index >= 15 is 0 Å². The van der Waals surface area contributed by atoms with Gasteiger partial charge in [0.25, 0.3) is 0 Å². The highest BCUT2D eigenvalue weighted by Gasteiger charge is 2.23. The Morgan fingerprint density at radius 3 is 3.00 bits per heavy atom. The van der Waals surface area contributed by atoms with Crippen molar-refractivity contribution in [2.24, 2.45) is 7.05 Å². The summed E-state index contributed by atoms with van der Waals surface area (Å²) in [6.07, 6.45) is 3.33. The third kappa shape index (κ3) is 1.54. The Labute approximate surface area is 78.1 Å². The van der Waals surface area contributed by atoms with Gasteiger partial charge in [-0.15, -0.1) is 0 Å². The number of hydrogen-bond acceptors (Lipinski definition) is 3. The largest absolute Gasteiger partial charge is 0.380 e. The molecule has 0 spiro atoms. The number of ether oxygens (including phenoxy) is 1. The van der Waals surface area contributed by atoms with E-state index in [0.29, 0.717) is 6.10 Å². The van der Waals surface area contributed by atoms with Crippen LogP contribution in [0.15, 0.2) is 12.3 Å². The lowest BCUT2D eigenvalue weighted by Gasteiger charge is -2.17. The summed E-state index contributed by atoms with van der Waals surface area (Å²) in [5.41, 5.74) is 0. The zero-order chi connectivity index (χ0) is 9.26. The fraction of sp³-hybridized carbons (Fsp3) is 0.667. The fourth-order valence-electron chi connectivity index (χ4n) is 1.81. The normalized spacial score (nSPS) is 22.6. The molecule has 1 fully saturated rings. The Morgan fingerprint density at radius 2 is 2.46 bits per heavy atom. The molecule has 1 aromatic rings. The van der Waals surface area contributed by atoms with Crippen molar-refractivity contribution in [1.29, 1.82) is 0 Å². The van der Waals surface area contributed by atoms with Crippen LogP contribution < -0.4 is 4.90 Å². The van der Waals surface area contributed by atoms with E-state index in [9.17, 15) is 0 Å². The molecule has 0 amide bonds. The first kappa shape index (κ1) is 8.56. The highest BCUT2D eigenvalue weighted by atomic mass is 16.5. The molecule has 1 atom stereocenters. The zero-order valence-electron chi connectivity index (χ0n) is 8.10. The number of aryl methyl sites for hydroxylation is 1. The molecule has 2 rings (SSSR count). The van der Waals surface area contributed by atoms with E-state index in [2.05, 4.69) is 10.00 Å². The summed E-state index contributed by atoms with van der Waals surface area (Å²) in [5.74, 6) is 1.18. The van der Waals surface area contributed by atoms with E-state index in [1.807, 2.05) is 24.0 Å². The molecule has 0 unspecified atom stereocenters. The van der Waals surface area contributed by atoms with Gasteiger partial charge in [0.15, 0.2) is 0 Å². The molecule has 0 aliphatic carbocycles. The van der Waals surface area contributed by atoms with E-state index < -0.39 is 0 Å². The molecule has 1 aliphatic rings. The van der Waals surface area contributed by atoms with Gasteiger partial charge in [0.05, 0.1) is 12.3 Å². The summed E-state index contributed by atoms with van der Waals surface area (Å²) in [7, 11) is 3.74. The number of aromatic nitrogens is 2. The van der Waals surface area contributed by atoms with Gasteiger partial charge in [-0.05, 0) is 6.42 Å². The predicted molar refractivity (Wildman–Crippen MR) is 50.8 cm³/mol. The number of methoxy groups -OCH3 is 1. The molecule has 72 valence electrons. The predicted octanol–water partition coefficient (Wildman–Crippen LogP) is 0.645. The quantitative estimate of drug-likeness (QED) is 0.671. The Balaban J connectivity index is 2.08. The molecule has 0 bridgehead atoms. The minimum atomic E-state index is 0.384. The van der Waals surface area contributed by atoms with Gasteiger partial charge in [-0.1, -0.05) is 0 Å². The van der Waals surface area contributed by atoms with Gasteiger partial charge in [0, 0.05) is 33.3 Å². The van der Waals surface area contributed by atoms with E-state index in [4.69, 9.17) is 4.74 Å². The second-order valence-corrected chi connectivity index (χ2v) is 3.41. The number of anilines is 1. The van der Waals surface area contributed by atoms with Crippen LogP contribution >= 0.6 is 0 Å². The molecule has 13 heavy (non-hydrogen) atoms. The maximum atomic E-state index is 5.31. The Morgan fingerprint density at radius 1 is 1.62 bits per heavy atom. The van der Waals surface area contributed by atoms with Crippen molar-refractivity contribution in [2.45, 2.75) is 12.5 Å². The van der Waals surface area contributed by atoms with Gasteiger partial charge in [0.1, 0.15) is 5.82 Å². The van der Waals surface area contributed by atoms with Crippen molar-refractivity contribution in [3.8, 4) is 0 Å². The lowest BCUT2D eigenvalue weighted by atomic mass is 10.3. The summed E-state index contributed by atoms with van der Waals surface area (Å²) >= 11 is 0. The first-order valence-corrected chi connectivity index (χ1v) is 4.57. The summed E-state index contributed by atoms with van der Waals surface area (Å²) in [6.45, 7) is 2.05. The SMILES string of the molecule is CO[C@H]1CCN(c2ccnn2C)C1. The highest BCUT2D eigenvalue weighted by Crippen LogP contribution is 2.19. The Bertz CT molecular complexity index is 284. The monoisotopic (exact) mass is 181 g/mol. The third-order valence-electron chi connectivity index (χ3n) is 2.60. The van der Waals surface area contributed by atoms with E-state index in [-0.39, 0.29) is 0 Å². The van der Waals surface area contributed by atoms with Gasteiger partial charge in [-0.25, -0.2) is 0 Å². The van der Waals surface area contributed by atoms with Crippen molar-refractivity contribution in [3.63, 3.8) is 0 Å². The van der Waals surface area contributed by atoms with Crippen molar-refractivity contribution in [1.82, 2.24) is 9.78 Å². The molecule has 1 aliphatic heterocycles. The zero-order valence-corrected chi connectivity index (χ0v) is 8.10. The minimum Gasteiger partial charge on any atom is -0.380 e. The molecular formula is C9H15N3O. The van der Waals surface area contributed by atoms with Gasteiger partial charge in [0.2, 0.25) is 0 Å². The van der Waals surface area contributed by atoms with E-state index in [0.717, 1.165) is 19.5 Å². The average Bonchev–Trinajstić information content (AvgIpc) is 2.71. The van der Waals surface area contributed by atoms with Crippen LogP contribution in [0.25, 0.3) is 0 Å². The van der Waals surface area contributed by atoms with Gasteiger partial charge in [-0.3, -0.25) is 4.68 Å². The molecule has 1 aromatic heterocycles. The van der Waals surface area contributed by atoms with Crippen LogP contribution in [0.3, 0.4) is 0 Å². The van der Waals surface area contributed by atoms with Crippen molar-refractivity contribution in [3.05, 3.63) is 12.3 Å². The van der Waals surface area contributed by atoms with Crippen LogP contribution in [0.4, 0.5) is 5.82 Å². The van der Waals surface area contributed by atoms with Crippen LogP contribution in [0.1, 0.15) is 6.42 Å². The summed E-state index contributed by atoms with van der Waals surface area (Å²) in [4.78, 5) is 2.31. The Kier molecular flexibility index (Phi) is 2.22. The second-order valence-electron chi connectivity index (χ2n) is 3.41. The van der Waals surface area contributed by atoms with E-state index in [1.54, 1.807) is 7.11 Å². The lowest BCUT2D eigenvalue weighted by Crippen LogP contribution is -2.24. The molecule has 0 radical (unpaired) electrons. The number of hydrogen-bond donors (Lipinski definition) is 0. The molecule has 1 saturated heterocycles. The van der Waals surface area contributed by atoms with Gasteiger partial charge in [-0.2, -0.15) is 5.10 Å². The maximum absolute atomic E-state index is 5.31. The van der Waals surface area contributed by atoms with Crippen LogP contribution in [-0.2, 0) is 11.8 Å². The molecule has 2 heterocycles. The molecule has 4 nitrogen and oxygen atoms in total. The van der Waals surface area contributed by atoms with E-state index in [1.165, 1.54) is 5.82 Å². The van der Waals surface area contributed by atoms with Crippen LogP contribution in [0, 0.1) is 0 Å². The van der Waals surface area contributed by atoms with Gasteiger partial charge >= 0.3 is 0 Å². The first-order valence-electron chi connectivity index (χ1n) is 4.57. The minimum absolute atomic E-state index is 0.384. The number of rotatable bonds is 2. The second kappa shape index (κ2) is 3.38. The summed E-state index contributed by atoms with van der Waals surface area (Å²) in [6, 6.07) is 2.04. The van der Waals surface area contributed by atoms with Crippen molar-refractivity contribution >= 4 is 5.82 Å². The van der Waals surface area contributed by atoms with Crippen molar-refractivity contribution < 1.29 is 4.74 Å². The molecule has 0 aromatic carbocycles. The highest BCUT2D eigenvalue weighted by molar-refractivity contribution is 5.39. The molecule has 0 N–H and O–H groups in total. The maximum Gasteiger partial charge on any atom is 0.126 e. The van der Waals surface area contributed by atoms with Crippen LogP contribution in [0.5, 0.6) is 0 Å². The van der Waals surface area contributed by atoms with Crippen LogP contribution in [-0.4, -0.2) is 36.1 Å². The number of nitrogens with zero attached hydrogens (tertiary/aromatic N) is 3. The average molecular weight is 181 g/mol. The van der Waals surface area contributed by atoms with Crippen molar-refractivity contribution in [2.75, 3.05) is 25.1 Å². The molecule has 4 heteroatoms. The summed E-state index contributed by atoms with van der Waals surface area (Å²) in [5, 5.41) is 4.15. The first-order chi connectivity index (χ1) is 6.31. The summed E-state index contributed by atoms with van der Waals surface area (Å²) < 4.78 is 7.21. The topological polar surface area (TPSA) is 30.3 Å². The lowest BCUT2D eigenvalue weighted by molar-refractivity contribution is 0.121. The smallest absolute Gasteiger partial charge is 0.126 e. The third-order valence-corrected chi connectivity index (χ3v) is 2.60. The fourth-order valence-corrected chi connectivity index (χ4v) is 1.81. The standard InChI is InChI=1S/C9H15N3O/c1-11-9(3-5-10-11)12-6-4-8(7-12)13-2/h3,5,8H,4,6-7H2,1-2H3/t8-/m0/s1. The van der Waals surface area contributed by atoms with Crippen LogP contribution in [0.2, 0.25) is 0 Å². The molecule has 0 saturated carbocycles. The molecular weight excluding hydrogens is 166 g/mol. The van der Waals surface area contributed by atoms with Gasteiger partial charge < -0.3 is 9.64 Å².